The minimum Gasteiger partial charge on any atom is -0.344 e. The van der Waals surface area contributed by atoms with E-state index in [1.165, 1.54) is 6.19 Å². The molecule has 1 aliphatic heterocycles. The number of rotatable bonds is 1. The van der Waals surface area contributed by atoms with Gasteiger partial charge in [0.1, 0.15) is 0 Å². The highest BCUT2D eigenvalue weighted by Gasteiger charge is 2.21. The van der Waals surface area contributed by atoms with E-state index in [1.54, 1.807) is 0 Å². The van der Waals surface area contributed by atoms with Crippen LogP contribution in [0.3, 0.4) is 0 Å². The lowest BCUT2D eigenvalue weighted by molar-refractivity contribution is -0.189. The van der Waals surface area contributed by atoms with Crippen molar-refractivity contribution in [3.8, 4) is 6.19 Å². The SMILES string of the molecule is N#CNC(=O)C1OCCCO1. The van der Waals surface area contributed by atoms with Gasteiger partial charge in [0.25, 0.3) is 5.91 Å². The van der Waals surface area contributed by atoms with E-state index in [0.29, 0.717) is 13.2 Å². The molecule has 0 spiro atoms. The van der Waals surface area contributed by atoms with Crippen LogP contribution in [-0.4, -0.2) is 25.4 Å². The molecule has 1 N–H and O–H groups in total. The highest BCUT2D eigenvalue weighted by atomic mass is 16.7. The minimum absolute atomic E-state index is 0.503. The van der Waals surface area contributed by atoms with Crippen molar-refractivity contribution in [3.05, 3.63) is 0 Å². The topological polar surface area (TPSA) is 71.4 Å². The lowest BCUT2D eigenvalue weighted by Crippen LogP contribution is -2.39. The van der Waals surface area contributed by atoms with Crippen LogP contribution < -0.4 is 5.32 Å². The van der Waals surface area contributed by atoms with Crippen LogP contribution in [0.2, 0.25) is 0 Å². The third kappa shape index (κ3) is 2.18. The van der Waals surface area contributed by atoms with Gasteiger partial charge < -0.3 is 9.47 Å². The van der Waals surface area contributed by atoms with Crippen LogP contribution in [0.1, 0.15) is 6.42 Å². The van der Waals surface area contributed by atoms with Crippen molar-refractivity contribution >= 4 is 5.91 Å². The summed E-state index contributed by atoms with van der Waals surface area (Å²) in [5, 5.41) is 10.0. The number of amides is 1. The Labute approximate surface area is 63.9 Å². The molecule has 0 aliphatic carbocycles. The summed E-state index contributed by atoms with van der Waals surface area (Å²) in [5.74, 6) is -0.535. The maximum Gasteiger partial charge on any atom is 0.289 e. The molecule has 0 radical (unpaired) electrons. The lowest BCUT2D eigenvalue weighted by atomic mass is 10.4. The van der Waals surface area contributed by atoms with E-state index in [1.807, 2.05) is 5.32 Å². The van der Waals surface area contributed by atoms with Crippen LogP contribution in [0, 0.1) is 11.5 Å². The van der Waals surface area contributed by atoms with Crippen LogP contribution in [0.15, 0.2) is 0 Å². The quantitative estimate of drug-likeness (QED) is 0.404. The Bertz CT molecular complexity index is 181. The molecule has 0 aromatic rings. The van der Waals surface area contributed by atoms with Crippen molar-refractivity contribution in [1.82, 2.24) is 5.32 Å². The third-order valence-electron chi connectivity index (χ3n) is 1.22. The second-order valence-corrected chi connectivity index (χ2v) is 2.03. The molecule has 0 saturated carbocycles. The fourth-order valence-electron chi connectivity index (χ4n) is 0.753. The normalized spacial score (nSPS) is 18.8. The predicted octanol–water partition coefficient (Wildman–Crippen LogP) is -0.653. The number of ether oxygens (including phenoxy) is 2. The standard InChI is InChI=1S/C6H8N2O3/c7-4-8-5(9)6-10-2-1-3-11-6/h6H,1-3H2,(H,8,9). The van der Waals surface area contributed by atoms with Gasteiger partial charge in [-0.05, 0) is 6.42 Å². The van der Waals surface area contributed by atoms with Crippen LogP contribution in [-0.2, 0) is 14.3 Å². The smallest absolute Gasteiger partial charge is 0.289 e. The Morgan fingerprint density at radius 3 is 2.73 bits per heavy atom. The van der Waals surface area contributed by atoms with Gasteiger partial charge in [-0.2, -0.15) is 5.26 Å². The van der Waals surface area contributed by atoms with Gasteiger partial charge in [-0.15, -0.1) is 0 Å². The molecule has 0 aromatic carbocycles. The van der Waals surface area contributed by atoms with Gasteiger partial charge in [-0.25, -0.2) is 0 Å². The highest BCUT2D eigenvalue weighted by Crippen LogP contribution is 2.03. The molecule has 5 nitrogen and oxygen atoms in total. The highest BCUT2D eigenvalue weighted by molar-refractivity contribution is 5.80. The zero-order valence-electron chi connectivity index (χ0n) is 5.87. The van der Waals surface area contributed by atoms with Crippen LogP contribution in [0.4, 0.5) is 0 Å². The van der Waals surface area contributed by atoms with Gasteiger partial charge in [0.05, 0.1) is 13.2 Å². The number of carbonyl (C=O) groups is 1. The van der Waals surface area contributed by atoms with Crippen molar-refractivity contribution in [2.75, 3.05) is 13.2 Å². The van der Waals surface area contributed by atoms with E-state index in [9.17, 15) is 4.79 Å². The number of carbonyl (C=O) groups excluding carboxylic acids is 1. The summed E-state index contributed by atoms with van der Waals surface area (Å²) in [7, 11) is 0. The second kappa shape index (κ2) is 3.91. The van der Waals surface area contributed by atoms with E-state index in [2.05, 4.69) is 0 Å². The fourth-order valence-corrected chi connectivity index (χ4v) is 0.753. The largest absolute Gasteiger partial charge is 0.344 e. The zero-order chi connectivity index (χ0) is 8.10. The molecule has 0 atom stereocenters. The Balaban J connectivity index is 2.34. The first-order chi connectivity index (χ1) is 5.34. The molecule has 1 heterocycles. The van der Waals surface area contributed by atoms with Gasteiger partial charge in [0.2, 0.25) is 6.29 Å². The summed E-state index contributed by atoms with van der Waals surface area (Å²) in [4.78, 5) is 10.8. The summed E-state index contributed by atoms with van der Waals surface area (Å²) in [6, 6.07) is 0. The Morgan fingerprint density at radius 2 is 2.18 bits per heavy atom. The van der Waals surface area contributed by atoms with E-state index < -0.39 is 12.2 Å². The lowest BCUT2D eigenvalue weighted by Gasteiger charge is -2.20. The Morgan fingerprint density at radius 1 is 1.55 bits per heavy atom. The van der Waals surface area contributed by atoms with Crippen molar-refractivity contribution in [2.45, 2.75) is 12.7 Å². The van der Waals surface area contributed by atoms with Crippen molar-refractivity contribution in [2.24, 2.45) is 0 Å². The van der Waals surface area contributed by atoms with Gasteiger partial charge >= 0.3 is 0 Å². The number of hydrogen-bond donors (Lipinski definition) is 1. The monoisotopic (exact) mass is 156 g/mol. The predicted molar refractivity (Wildman–Crippen MR) is 34.1 cm³/mol. The number of nitrogens with zero attached hydrogens (tertiary/aromatic N) is 1. The first-order valence-electron chi connectivity index (χ1n) is 3.27. The number of nitriles is 1. The second-order valence-electron chi connectivity index (χ2n) is 2.03. The first kappa shape index (κ1) is 7.98. The van der Waals surface area contributed by atoms with E-state index in [0.717, 1.165) is 6.42 Å². The van der Waals surface area contributed by atoms with E-state index in [4.69, 9.17) is 14.7 Å². The molecular weight excluding hydrogens is 148 g/mol. The summed E-state index contributed by atoms with van der Waals surface area (Å²) >= 11 is 0. The fraction of sp³-hybridized carbons (Fsp3) is 0.667. The Hall–Kier alpha value is -1.12. The molecular formula is C6H8N2O3. The van der Waals surface area contributed by atoms with Gasteiger partial charge in [0.15, 0.2) is 6.19 Å². The van der Waals surface area contributed by atoms with Crippen LogP contribution in [0.25, 0.3) is 0 Å². The Kier molecular flexibility index (Phi) is 2.83. The third-order valence-corrected chi connectivity index (χ3v) is 1.22. The molecule has 1 fully saturated rings. The van der Waals surface area contributed by atoms with E-state index in [-0.39, 0.29) is 0 Å². The molecule has 0 aromatic heterocycles. The molecule has 1 saturated heterocycles. The molecule has 60 valence electrons. The van der Waals surface area contributed by atoms with Gasteiger partial charge in [0, 0.05) is 0 Å². The number of nitrogens with one attached hydrogen (secondary N) is 1. The van der Waals surface area contributed by atoms with Crippen LogP contribution >= 0.6 is 0 Å². The average Bonchev–Trinajstić information content (AvgIpc) is 2.07. The molecule has 1 aliphatic rings. The van der Waals surface area contributed by atoms with Gasteiger partial charge in [-0.3, -0.25) is 10.1 Å². The number of hydrogen-bond acceptors (Lipinski definition) is 4. The molecule has 1 rings (SSSR count). The summed E-state index contributed by atoms with van der Waals surface area (Å²) in [6.07, 6.45) is 1.39. The average molecular weight is 156 g/mol. The van der Waals surface area contributed by atoms with Crippen molar-refractivity contribution in [1.29, 1.82) is 5.26 Å². The minimum atomic E-state index is -0.900. The van der Waals surface area contributed by atoms with Gasteiger partial charge in [-0.1, -0.05) is 0 Å². The zero-order valence-corrected chi connectivity index (χ0v) is 5.87. The maximum absolute atomic E-state index is 10.8. The molecule has 11 heavy (non-hydrogen) atoms. The summed E-state index contributed by atoms with van der Waals surface area (Å²) in [6.45, 7) is 1.01. The summed E-state index contributed by atoms with van der Waals surface area (Å²) in [5.41, 5.74) is 0. The van der Waals surface area contributed by atoms with Crippen molar-refractivity contribution in [3.63, 3.8) is 0 Å². The molecule has 0 bridgehead atoms. The van der Waals surface area contributed by atoms with Crippen LogP contribution in [0.5, 0.6) is 0 Å². The molecule has 5 heteroatoms. The molecule has 0 unspecified atom stereocenters. The van der Waals surface area contributed by atoms with E-state index >= 15 is 0 Å². The molecule has 1 amide bonds. The first-order valence-corrected chi connectivity index (χ1v) is 3.27. The maximum atomic E-state index is 10.8. The van der Waals surface area contributed by atoms with Crippen molar-refractivity contribution < 1.29 is 14.3 Å². The summed E-state index contributed by atoms with van der Waals surface area (Å²) < 4.78 is 9.81.